The van der Waals surface area contributed by atoms with Crippen LogP contribution >= 0.6 is 0 Å². The molecule has 1 aromatic carbocycles. The van der Waals surface area contributed by atoms with Crippen LogP contribution in [0.15, 0.2) is 42.7 Å². The van der Waals surface area contributed by atoms with Crippen LogP contribution in [-0.4, -0.2) is 20.9 Å². The van der Waals surface area contributed by atoms with Gasteiger partial charge in [-0.1, -0.05) is 31.1 Å². The predicted molar refractivity (Wildman–Crippen MR) is 106 cm³/mol. The van der Waals surface area contributed by atoms with E-state index in [1.165, 1.54) is 44.2 Å². The van der Waals surface area contributed by atoms with Crippen molar-refractivity contribution in [2.75, 3.05) is 5.32 Å². The molecule has 1 aliphatic rings. The summed E-state index contributed by atoms with van der Waals surface area (Å²) in [6.45, 7) is 0. The number of pyridine rings is 1. The first-order chi connectivity index (χ1) is 13.2. The summed E-state index contributed by atoms with van der Waals surface area (Å²) in [5.74, 6) is 6.29. The molecule has 0 bridgehead atoms. The largest absolute Gasteiger partial charge is 0.381 e. The molecule has 0 amide bonds. The predicted octanol–water partition coefficient (Wildman–Crippen LogP) is 4.62. The summed E-state index contributed by atoms with van der Waals surface area (Å²) in [7, 11) is 0. The number of nitrogens with one attached hydrogen (secondary N) is 2. The van der Waals surface area contributed by atoms with Crippen molar-refractivity contribution in [3.63, 3.8) is 0 Å². The third-order valence-electron chi connectivity index (χ3n) is 4.96. The maximum atomic E-state index is 10.8. The minimum absolute atomic E-state index is 0.0654. The Morgan fingerprint density at radius 3 is 2.63 bits per heavy atom. The first kappa shape index (κ1) is 17.1. The maximum Gasteiger partial charge on any atom is 0.269 e. The molecule has 2 N–H and O–H groups in total. The number of H-pyrrole nitrogens is 1. The Morgan fingerprint density at radius 1 is 1.11 bits per heavy atom. The van der Waals surface area contributed by atoms with E-state index in [4.69, 9.17) is 0 Å². The second kappa shape index (κ2) is 7.50. The number of benzene rings is 1. The van der Waals surface area contributed by atoms with E-state index in [1.807, 2.05) is 12.3 Å². The van der Waals surface area contributed by atoms with Crippen molar-refractivity contribution < 1.29 is 4.92 Å². The van der Waals surface area contributed by atoms with Crippen molar-refractivity contribution in [3.05, 3.63) is 64.0 Å². The summed E-state index contributed by atoms with van der Waals surface area (Å²) in [6, 6.07) is 8.75. The van der Waals surface area contributed by atoms with Crippen molar-refractivity contribution >= 4 is 22.4 Å². The number of hydrogen-bond acceptors (Lipinski definition) is 4. The maximum absolute atomic E-state index is 10.8. The van der Waals surface area contributed by atoms with Crippen LogP contribution in [0.5, 0.6) is 0 Å². The molecule has 27 heavy (non-hydrogen) atoms. The number of aromatic amines is 1. The third kappa shape index (κ3) is 3.77. The minimum atomic E-state index is -0.410. The Hall–Kier alpha value is -3.33. The number of fused-ring (bicyclic) bond motifs is 1. The third-order valence-corrected chi connectivity index (χ3v) is 4.96. The van der Waals surface area contributed by atoms with Gasteiger partial charge in [-0.2, -0.15) is 0 Å². The Balaban J connectivity index is 1.66. The minimum Gasteiger partial charge on any atom is -0.381 e. The molecule has 0 radical (unpaired) electrons. The van der Waals surface area contributed by atoms with Gasteiger partial charge in [0.1, 0.15) is 5.65 Å². The molecule has 0 spiro atoms. The molecule has 0 aliphatic heterocycles. The van der Waals surface area contributed by atoms with Crippen molar-refractivity contribution in [1.82, 2.24) is 9.97 Å². The Labute approximate surface area is 157 Å². The topological polar surface area (TPSA) is 83.8 Å². The van der Waals surface area contributed by atoms with Gasteiger partial charge in [0.05, 0.1) is 16.2 Å². The SMILES string of the molecule is O=[N+]([O-])c1ccc(C#Cc2cnc3[nH]ccc3c2NC2CCCCC2)cc1. The summed E-state index contributed by atoms with van der Waals surface area (Å²) >= 11 is 0. The van der Waals surface area contributed by atoms with Crippen LogP contribution < -0.4 is 5.32 Å². The van der Waals surface area contributed by atoms with Crippen LogP contribution in [-0.2, 0) is 0 Å². The lowest BCUT2D eigenvalue weighted by molar-refractivity contribution is -0.384. The number of nitro benzene ring substituents is 1. The van der Waals surface area contributed by atoms with E-state index in [0.717, 1.165) is 27.8 Å². The van der Waals surface area contributed by atoms with Gasteiger partial charge in [-0.25, -0.2) is 4.98 Å². The molecule has 2 heterocycles. The lowest BCUT2D eigenvalue weighted by Gasteiger charge is -2.24. The van der Waals surface area contributed by atoms with E-state index in [-0.39, 0.29) is 5.69 Å². The van der Waals surface area contributed by atoms with Gasteiger partial charge in [-0.15, -0.1) is 0 Å². The summed E-state index contributed by atoms with van der Waals surface area (Å²) in [6.07, 6.45) is 9.82. The van der Waals surface area contributed by atoms with Crippen molar-refractivity contribution in [2.45, 2.75) is 38.1 Å². The fourth-order valence-electron chi connectivity index (χ4n) is 3.52. The molecule has 3 aromatic rings. The van der Waals surface area contributed by atoms with E-state index in [0.29, 0.717) is 6.04 Å². The van der Waals surface area contributed by atoms with E-state index in [9.17, 15) is 10.1 Å². The van der Waals surface area contributed by atoms with Gasteiger partial charge in [0.25, 0.3) is 5.69 Å². The molecule has 136 valence electrons. The molecule has 4 rings (SSSR count). The number of non-ortho nitro benzene ring substituents is 1. The zero-order valence-electron chi connectivity index (χ0n) is 14.9. The first-order valence-electron chi connectivity index (χ1n) is 9.20. The van der Waals surface area contributed by atoms with Crippen molar-refractivity contribution in [1.29, 1.82) is 0 Å². The average Bonchev–Trinajstić information content (AvgIpc) is 3.17. The zero-order valence-corrected chi connectivity index (χ0v) is 14.9. The summed E-state index contributed by atoms with van der Waals surface area (Å²) in [5.41, 5.74) is 3.50. The highest BCUT2D eigenvalue weighted by molar-refractivity contribution is 5.92. The van der Waals surface area contributed by atoms with Gasteiger partial charge in [-0.05, 0) is 31.0 Å². The molecule has 0 unspecified atom stereocenters. The van der Waals surface area contributed by atoms with Crippen molar-refractivity contribution in [3.8, 4) is 11.8 Å². The number of aromatic nitrogens is 2. The molecular formula is C21H20N4O2. The standard InChI is InChI=1S/C21H20N4O2/c26-25(27)18-10-7-15(8-11-18)6-9-16-14-23-21-19(12-13-22-21)20(16)24-17-4-2-1-3-5-17/h7-8,10-14,17H,1-5H2,(H2,22,23,24). The normalized spacial score (nSPS) is 14.5. The second-order valence-electron chi connectivity index (χ2n) is 6.82. The van der Waals surface area contributed by atoms with E-state index in [2.05, 4.69) is 27.1 Å². The summed E-state index contributed by atoms with van der Waals surface area (Å²) in [4.78, 5) is 18.0. The quantitative estimate of drug-likeness (QED) is 0.406. The lowest BCUT2D eigenvalue weighted by Crippen LogP contribution is -2.22. The van der Waals surface area contributed by atoms with Gasteiger partial charge in [-0.3, -0.25) is 10.1 Å². The van der Waals surface area contributed by atoms with Gasteiger partial charge < -0.3 is 10.3 Å². The molecular weight excluding hydrogens is 340 g/mol. The number of hydrogen-bond donors (Lipinski definition) is 2. The number of anilines is 1. The van der Waals surface area contributed by atoms with Gasteiger partial charge in [0, 0.05) is 41.5 Å². The van der Waals surface area contributed by atoms with Crippen LogP contribution in [0.3, 0.4) is 0 Å². The monoisotopic (exact) mass is 360 g/mol. The second-order valence-corrected chi connectivity index (χ2v) is 6.82. The average molecular weight is 360 g/mol. The molecule has 1 fully saturated rings. The molecule has 0 saturated heterocycles. The smallest absolute Gasteiger partial charge is 0.269 e. The van der Waals surface area contributed by atoms with Gasteiger partial charge in [0.15, 0.2) is 0 Å². The summed E-state index contributed by atoms with van der Waals surface area (Å²) < 4.78 is 0. The van der Waals surface area contributed by atoms with Crippen LogP contribution in [0.2, 0.25) is 0 Å². The summed E-state index contributed by atoms with van der Waals surface area (Å²) in [5, 5.41) is 15.5. The Bertz CT molecular complexity index is 1020. The fourth-order valence-corrected chi connectivity index (χ4v) is 3.52. The Morgan fingerprint density at radius 2 is 1.89 bits per heavy atom. The molecule has 1 aliphatic carbocycles. The molecule has 2 aromatic heterocycles. The highest BCUT2D eigenvalue weighted by Crippen LogP contribution is 2.29. The van der Waals surface area contributed by atoms with Crippen LogP contribution in [0.4, 0.5) is 11.4 Å². The first-order valence-corrected chi connectivity index (χ1v) is 9.20. The molecule has 1 saturated carbocycles. The number of nitro groups is 1. The molecule has 6 heteroatoms. The van der Waals surface area contributed by atoms with E-state index < -0.39 is 4.92 Å². The van der Waals surface area contributed by atoms with Crippen LogP contribution in [0, 0.1) is 22.0 Å². The van der Waals surface area contributed by atoms with E-state index in [1.54, 1.807) is 18.3 Å². The van der Waals surface area contributed by atoms with Crippen molar-refractivity contribution in [2.24, 2.45) is 0 Å². The van der Waals surface area contributed by atoms with Crippen LogP contribution in [0.1, 0.15) is 43.2 Å². The fraction of sp³-hybridized carbons (Fsp3) is 0.286. The lowest BCUT2D eigenvalue weighted by atomic mass is 9.95. The Kier molecular flexibility index (Phi) is 4.75. The molecule has 0 atom stereocenters. The van der Waals surface area contributed by atoms with Crippen LogP contribution in [0.25, 0.3) is 11.0 Å². The van der Waals surface area contributed by atoms with Gasteiger partial charge >= 0.3 is 0 Å². The highest BCUT2D eigenvalue weighted by atomic mass is 16.6. The number of rotatable bonds is 3. The van der Waals surface area contributed by atoms with E-state index >= 15 is 0 Å². The number of nitrogens with zero attached hydrogens (tertiary/aromatic N) is 2. The van der Waals surface area contributed by atoms with Gasteiger partial charge in [0.2, 0.25) is 0 Å². The zero-order chi connectivity index (χ0) is 18.6. The molecule has 6 nitrogen and oxygen atoms in total. The highest BCUT2D eigenvalue weighted by Gasteiger charge is 2.16.